The molecule has 4 heteroatoms. The van der Waals surface area contributed by atoms with Crippen molar-refractivity contribution < 1.29 is 9.94 Å². The first-order valence-electron chi connectivity index (χ1n) is 15.9. The van der Waals surface area contributed by atoms with Crippen LogP contribution in [0.2, 0.25) is 0 Å². The fourth-order valence-corrected chi connectivity index (χ4v) is 11.4. The van der Waals surface area contributed by atoms with Crippen molar-refractivity contribution in [2.75, 3.05) is 12.8 Å². The largest absolute Gasteiger partial charge is 0.378 e. The van der Waals surface area contributed by atoms with Crippen LogP contribution in [0, 0.1) is 0 Å². The van der Waals surface area contributed by atoms with Crippen LogP contribution in [0.1, 0.15) is 91.9 Å². The van der Waals surface area contributed by atoms with E-state index in [-0.39, 0.29) is 17.2 Å². The van der Waals surface area contributed by atoms with Crippen molar-refractivity contribution in [1.29, 1.82) is 0 Å². The van der Waals surface area contributed by atoms with E-state index in [1.54, 1.807) is 0 Å². The number of ether oxygens (including phenoxy) is 1. The van der Waals surface area contributed by atoms with E-state index in [9.17, 15) is 5.21 Å². The Kier molecular flexibility index (Phi) is 11.6. The number of hydrogen-bond acceptors (Lipinski definition) is 3. The summed E-state index contributed by atoms with van der Waals surface area (Å²) in [4.78, 5) is 0. The maximum Gasteiger partial charge on any atom is 0.112 e. The first-order chi connectivity index (χ1) is 19.8. The van der Waals surface area contributed by atoms with E-state index in [1.807, 2.05) is 0 Å². The molecule has 0 spiro atoms. The van der Waals surface area contributed by atoms with Gasteiger partial charge in [0.25, 0.3) is 0 Å². The van der Waals surface area contributed by atoms with Gasteiger partial charge in [-0.3, -0.25) is 0 Å². The van der Waals surface area contributed by atoms with E-state index in [2.05, 4.69) is 119 Å². The van der Waals surface area contributed by atoms with Gasteiger partial charge in [0, 0.05) is 17.7 Å². The molecule has 3 nitrogen and oxygen atoms in total. The third kappa shape index (κ3) is 8.29. The van der Waals surface area contributed by atoms with Crippen LogP contribution in [0.25, 0.3) is 0 Å². The average molecular weight is 575 g/mol. The van der Waals surface area contributed by atoms with Crippen LogP contribution in [-0.2, 0) is 4.74 Å². The fraction of sp³-hybridized carbons (Fsp3) is 0.514. The van der Waals surface area contributed by atoms with Gasteiger partial charge in [0.15, 0.2) is 0 Å². The van der Waals surface area contributed by atoms with E-state index in [0.29, 0.717) is 0 Å². The van der Waals surface area contributed by atoms with Gasteiger partial charge in [-0.2, -0.15) is 5.06 Å². The van der Waals surface area contributed by atoms with Crippen molar-refractivity contribution in [3.63, 3.8) is 0 Å². The summed E-state index contributed by atoms with van der Waals surface area (Å²) in [5, 5.41) is 16.5. The number of hydrogen-bond donors (Lipinski definition) is 1. The maximum absolute atomic E-state index is 10.5. The Bertz CT molecular complexity index is 1030. The van der Waals surface area contributed by atoms with Crippen LogP contribution in [0.4, 0.5) is 0 Å². The molecule has 1 saturated heterocycles. The van der Waals surface area contributed by atoms with Gasteiger partial charge in [-0.25, -0.2) is 0 Å². The highest BCUT2D eigenvalue weighted by atomic mass is 31.2. The van der Waals surface area contributed by atoms with Crippen molar-refractivity contribution in [3.05, 3.63) is 91.0 Å². The molecular weight excluding hydrogens is 521 g/mol. The quantitative estimate of drug-likeness (QED) is 0.146. The highest BCUT2D eigenvalue weighted by Gasteiger charge is 2.46. The predicted molar refractivity (Wildman–Crippen MR) is 178 cm³/mol. The van der Waals surface area contributed by atoms with Gasteiger partial charge in [-0.1, -0.05) is 86.7 Å². The van der Waals surface area contributed by atoms with E-state index in [4.69, 9.17) is 4.74 Å². The summed E-state index contributed by atoms with van der Waals surface area (Å²) in [6.07, 6.45) is 13.4. The van der Waals surface area contributed by atoms with Crippen LogP contribution >= 0.6 is 7.26 Å². The minimum absolute atomic E-state index is 0.237. The van der Waals surface area contributed by atoms with Gasteiger partial charge in [-0.05, 0) is 96.2 Å². The molecule has 3 aromatic carbocycles. The Hall–Kier alpha value is -2.03. The molecule has 1 N–H and O–H groups in total. The van der Waals surface area contributed by atoms with E-state index < -0.39 is 7.26 Å². The Labute approximate surface area is 250 Å². The second-order valence-corrected chi connectivity index (χ2v) is 16.8. The number of unbranched alkanes of at least 4 members (excludes halogenated alkanes) is 7. The molecule has 1 heterocycles. The molecule has 1 aliphatic heterocycles. The number of nitrogens with zero attached hydrogens (tertiary/aromatic N) is 1. The number of rotatable bonds is 15. The third-order valence-electron chi connectivity index (χ3n) is 8.93. The summed E-state index contributed by atoms with van der Waals surface area (Å²) in [6, 6.07) is 33.8. The molecule has 0 radical (unpaired) electrons. The molecule has 1 aliphatic rings. The summed E-state index contributed by atoms with van der Waals surface area (Å²) in [5.74, 6) is 0. The molecule has 3 aromatic rings. The zero-order valence-electron chi connectivity index (χ0n) is 26.0. The van der Waals surface area contributed by atoms with Crippen LogP contribution in [0.3, 0.4) is 0 Å². The zero-order valence-corrected chi connectivity index (χ0v) is 26.9. The molecule has 4 rings (SSSR count). The monoisotopic (exact) mass is 574 g/mol. The van der Waals surface area contributed by atoms with Gasteiger partial charge in [0.05, 0.1) is 12.3 Å². The molecule has 0 saturated carbocycles. The Morgan fingerprint density at radius 3 is 1.39 bits per heavy atom. The first kappa shape index (κ1) is 31.9. The minimum atomic E-state index is -1.69. The average Bonchev–Trinajstić information content (AvgIpc) is 2.98. The Morgan fingerprint density at radius 2 is 0.976 bits per heavy atom. The second kappa shape index (κ2) is 14.9. The van der Waals surface area contributed by atoms with Crippen molar-refractivity contribution in [2.24, 2.45) is 0 Å². The standard InChI is InChI=1S/C37H53NO2P/c1-36(2)30-32(31-37(3,4)38(36)39)40-28-20-9-7-5-6-8-10-21-29-41(33-22-14-11-15-23-33,34-24-16-12-17-25-34)35-26-18-13-19-27-35/h11-19,22-27,32,39H,5-10,20-21,28-31H2,1-4H3/q+1. The topological polar surface area (TPSA) is 32.7 Å². The summed E-state index contributed by atoms with van der Waals surface area (Å²) in [7, 11) is -1.69. The van der Waals surface area contributed by atoms with Gasteiger partial charge >= 0.3 is 0 Å². The molecule has 41 heavy (non-hydrogen) atoms. The molecule has 0 unspecified atom stereocenters. The van der Waals surface area contributed by atoms with Gasteiger partial charge in [0.1, 0.15) is 23.2 Å². The minimum Gasteiger partial charge on any atom is -0.378 e. The number of hydroxylamine groups is 2. The molecular formula is C37H53NO2P+. The van der Waals surface area contributed by atoms with E-state index in [0.717, 1.165) is 25.9 Å². The Morgan fingerprint density at radius 1 is 0.610 bits per heavy atom. The third-order valence-corrected chi connectivity index (χ3v) is 13.5. The van der Waals surface area contributed by atoms with Crippen LogP contribution in [0.15, 0.2) is 91.0 Å². The smallest absolute Gasteiger partial charge is 0.112 e. The normalized spacial score (nSPS) is 17.5. The van der Waals surface area contributed by atoms with Crippen molar-refractivity contribution in [1.82, 2.24) is 5.06 Å². The maximum atomic E-state index is 10.5. The molecule has 0 atom stereocenters. The highest BCUT2D eigenvalue weighted by Crippen LogP contribution is 2.56. The Balaban J connectivity index is 1.20. The SMILES string of the molecule is CC1(C)CC(OCCCCCCCCCC[P+](c2ccccc2)(c2ccccc2)c2ccccc2)CC(C)(C)N1O. The second-order valence-electron chi connectivity index (χ2n) is 13.2. The van der Waals surface area contributed by atoms with Gasteiger partial charge < -0.3 is 9.94 Å². The van der Waals surface area contributed by atoms with E-state index in [1.165, 1.54) is 72.1 Å². The predicted octanol–water partition coefficient (Wildman–Crippen LogP) is 8.53. The summed E-state index contributed by atoms with van der Waals surface area (Å²) < 4.78 is 6.27. The van der Waals surface area contributed by atoms with E-state index >= 15 is 0 Å². The molecule has 222 valence electrons. The fourth-order valence-electron chi connectivity index (χ4n) is 6.94. The summed E-state index contributed by atoms with van der Waals surface area (Å²) in [5.41, 5.74) is -0.477. The van der Waals surface area contributed by atoms with Crippen molar-refractivity contribution >= 4 is 23.2 Å². The lowest BCUT2D eigenvalue weighted by Gasteiger charge is -2.51. The molecule has 0 amide bonds. The molecule has 0 aromatic heterocycles. The number of benzene rings is 3. The summed E-state index contributed by atoms with van der Waals surface area (Å²) >= 11 is 0. The summed E-state index contributed by atoms with van der Waals surface area (Å²) in [6.45, 7) is 9.27. The molecule has 1 fully saturated rings. The highest BCUT2D eigenvalue weighted by molar-refractivity contribution is 7.95. The lowest BCUT2D eigenvalue weighted by atomic mass is 9.80. The van der Waals surface area contributed by atoms with Crippen molar-refractivity contribution in [2.45, 2.75) is 109 Å². The lowest BCUT2D eigenvalue weighted by Crippen LogP contribution is -2.60. The van der Waals surface area contributed by atoms with Crippen LogP contribution in [-0.4, -0.2) is 40.2 Å². The van der Waals surface area contributed by atoms with Gasteiger partial charge in [-0.15, -0.1) is 0 Å². The molecule has 0 aliphatic carbocycles. The van der Waals surface area contributed by atoms with Gasteiger partial charge in [0.2, 0.25) is 0 Å². The van der Waals surface area contributed by atoms with Crippen LogP contribution in [0.5, 0.6) is 0 Å². The molecule has 0 bridgehead atoms. The lowest BCUT2D eigenvalue weighted by molar-refractivity contribution is -0.261. The van der Waals surface area contributed by atoms with Crippen molar-refractivity contribution in [3.8, 4) is 0 Å². The first-order valence-corrected chi connectivity index (χ1v) is 17.9. The zero-order chi connectivity index (χ0) is 29.2. The number of piperidine rings is 1. The van der Waals surface area contributed by atoms with Crippen LogP contribution < -0.4 is 15.9 Å².